The minimum atomic E-state index is -0.793. The number of H-pyrrole nitrogens is 4. The molecule has 0 spiro atoms. The van der Waals surface area contributed by atoms with Crippen LogP contribution in [0.3, 0.4) is 0 Å². The van der Waals surface area contributed by atoms with Crippen LogP contribution in [-0.4, -0.2) is 339 Å². The van der Waals surface area contributed by atoms with E-state index in [1.807, 2.05) is 59.6 Å². The first-order valence-electron chi connectivity index (χ1n) is 46.6. The zero-order valence-electron chi connectivity index (χ0n) is 79.0. The molecule has 1 aliphatic carbocycles. The number of aromatic nitrogens is 23. The topological polar surface area (TPSA) is 513 Å². The normalized spacial score (nSPS) is 15.5. The number of pyridine rings is 5. The maximum atomic E-state index is 14.7. The summed E-state index contributed by atoms with van der Waals surface area (Å²) in [6.07, 6.45) is 23.7. The average Bonchev–Trinajstić information content (AvgIpc) is 1.59. The molecule has 1 unspecified atom stereocenters. The summed E-state index contributed by atoms with van der Waals surface area (Å²) in [6, 6.07) is 34.9. The van der Waals surface area contributed by atoms with E-state index in [0.717, 1.165) is 62.1 Å². The molecule has 46 heteroatoms. The molecule has 6 N–H and O–H groups in total. The fourth-order valence-corrected chi connectivity index (χ4v) is 19.0. The van der Waals surface area contributed by atoms with Gasteiger partial charge in [-0.25, -0.2) is 57.8 Å². The zero-order valence-corrected chi connectivity index (χ0v) is 79.0. The molecule has 3 aromatic carbocycles. The number of amidine groups is 1. The van der Waals surface area contributed by atoms with Crippen molar-refractivity contribution in [1.29, 1.82) is 0 Å². The number of piperazine rings is 4. The molecular formula is C98H96FN33O12. The van der Waals surface area contributed by atoms with Crippen molar-refractivity contribution in [2.24, 2.45) is 10.7 Å². The summed E-state index contributed by atoms with van der Waals surface area (Å²) in [4.78, 5) is 183. The fourth-order valence-electron chi connectivity index (χ4n) is 19.0. The maximum Gasteiger partial charge on any atom is 0.295 e. The summed E-state index contributed by atoms with van der Waals surface area (Å²) in [5.74, 6) is -1.27. The smallest absolute Gasteiger partial charge is 0.295 e. The standard InChI is InChI=1S/C26H26N8O3.C26H27N7O3.C23H22FN7O2.C23H21N11O4/c1-16-30-15-34(31-16)25-22-21(20(37-2)14-29-25)19(13-28-22)23(35)26(36)33-11-9-32(10-12-33)24-18-6-4-3-5-17(18)7-8-27-24;1-17-29-16-33(30-17)24-22-21(20(36-2)15-28-24)19(14-27-22)23(34)25(35)31-10-12-32(13-11-31)26(8-9-26)18-6-4-3-5-7-18;1-15(16-5-3-2-4-6-16)29-9-11-30(12-10-29)23(33)21(32)17-13-25-20-19(17)18(24)14-26-22(20)31-8-7-27-28-31;1-38-14-11-26-21(34-12-27-20(29-34)19(24)36)17-16(14)13(10-25-17)18(35)22(37)31-6-8-32(9-7-31)23-28-15-4-2-3-5-33(15)30-23/h3-6,13-15,28H,7-12H2,1-2H3;3-7,14-16,27H,8-13H2,1-2H3;2-8,13-15,25H,9-12H2,1H3;2-5,10-12,25H,6-9H2,1H3,(H2,24,36). The summed E-state index contributed by atoms with van der Waals surface area (Å²) in [5, 5.41) is 26.1. The molecule has 23 rings (SSSR count). The van der Waals surface area contributed by atoms with Crippen LogP contribution in [0.5, 0.6) is 17.2 Å². The maximum absolute atomic E-state index is 14.7. The number of primary amides is 1. The Balaban J connectivity index is 0.000000117. The van der Waals surface area contributed by atoms with Gasteiger partial charge in [-0.05, 0) is 68.9 Å². The van der Waals surface area contributed by atoms with Crippen molar-refractivity contribution >= 4 is 114 Å². The van der Waals surface area contributed by atoms with Gasteiger partial charge in [-0.15, -0.1) is 15.3 Å². The van der Waals surface area contributed by atoms with Gasteiger partial charge in [0.15, 0.2) is 34.7 Å². The highest BCUT2D eigenvalue weighted by Gasteiger charge is 2.50. The number of hydrogen-bond acceptors (Lipinski definition) is 31. The zero-order chi connectivity index (χ0) is 99.7. The third-order valence-electron chi connectivity index (χ3n) is 26.7. The molecule has 1 atom stereocenters. The van der Waals surface area contributed by atoms with Gasteiger partial charge in [0.25, 0.3) is 52.7 Å². The SMILES string of the molecule is CC(c1ccccc1)N1CCN(C(=O)C(=O)c2c[nH]c3c(-n4ccnn4)ncc(F)c23)CC1.COc1cnc(-n2cnc(C(N)=O)n2)c2[nH]cc(C(=O)C(=O)N3CCN(c4nc5ccccn5n4)CC3)c12.COc1cnc(-n2cnc(C)n2)c2[nH]cc(C(=O)C(=O)N3CCN(C4(c5ccccc5)CC4)CC3)c12.COc1cnc(-n2cnc(C)n2)c2[nH]cc(C(=O)C(=O)N3CCN(C4=NCCc5ccccc54)CC3)c12. The van der Waals surface area contributed by atoms with E-state index >= 15 is 0 Å². The molecule has 14 aromatic heterocycles. The molecule has 1 saturated carbocycles. The van der Waals surface area contributed by atoms with Crippen LogP contribution in [0.1, 0.15) is 112 Å². The van der Waals surface area contributed by atoms with Gasteiger partial charge in [-0.2, -0.15) is 19.9 Å². The molecule has 17 aromatic rings. The lowest BCUT2D eigenvalue weighted by molar-refractivity contribution is -0.129. The number of benzene rings is 3. The highest BCUT2D eigenvalue weighted by molar-refractivity contribution is 6.47. The van der Waals surface area contributed by atoms with E-state index in [0.29, 0.717) is 177 Å². The highest BCUT2D eigenvalue weighted by atomic mass is 19.1. The molecule has 19 heterocycles. The number of nitrogens with two attached hydrogens (primary N) is 1. The van der Waals surface area contributed by atoms with Gasteiger partial charge >= 0.3 is 0 Å². The first-order chi connectivity index (χ1) is 70.0. The van der Waals surface area contributed by atoms with Crippen molar-refractivity contribution in [3.05, 3.63) is 258 Å². The molecule has 732 valence electrons. The van der Waals surface area contributed by atoms with E-state index in [1.165, 1.54) is 116 Å². The molecule has 4 saturated heterocycles. The van der Waals surface area contributed by atoms with Crippen LogP contribution < -0.4 is 24.8 Å². The van der Waals surface area contributed by atoms with Gasteiger partial charge in [0, 0.05) is 159 Å². The average molecular weight is 1950 g/mol. The number of aromatic amines is 4. The molecule has 5 amide bonds. The summed E-state index contributed by atoms with van der Waals surface area (Å²) in [5.41, 5.74) is 13.4. The Morgan fingerprint density at radius 3 is 1.35 bits per heavy atom. The van der Waals surface area contributed by atoms with Crippen molar-refractivity contribution in [1.82, 2.24) is 148 Å². The first-order valence-corrected chi connectivity index (χ1v) is 46.6. The van der Waals surface area contributed by atoms with Gasteiger partial charge in [-0.1, -0.05) is 96.2 Å². The Bertz CT molecular complexity index is 7780. The predicted octanol–water partition coefficient (Wildman–Crippen LogP) is 6.46. The Morgan fingerprint density at radius 1 is 0.451 bits per heavy atom. The van der Waals surface area contributed by atoms with Crippen LogP contribution in [0.15, 0.2) is 195 Å². The van der Waals surface area contributed by atoms with Crippen molar-refractivity contribution in [3.8, 4) is 40.5 Å². The lowest BCUT2D eigenvalue weighted by Crippen LogP contribution is -2.53. The molecular weight excluding hydrogens is 1850 g/mol. The molecule has 0 bridgehead atoms. The second kappa shape index (κ2) is 39.8. The molecule has 144 heavy (non-hydrogen) atoms. The Kier molecular flexibility index (Phi) is 25.9. The number of anilines is 1. The molecule has 45 nitrogen and oxygen atoms in total. The number of Topliss-reactive ketones (excluding diaryl/α,β-unsaturated/α-hetero) is 4. The lowest BCUT2D eigenvalue weighted by Gasteiger charge is -2.39. The number of methoxy groups -OCH3 is 3. The van der Waals surface area contributed by atoms with Gasteiger partial charge in [0.1, 0.15) is 53.7 Å². The number of aliphatic imine (C=N–C) groups is 1. The second-order valence-corrected chi connectivity index (χ2v) is 34.9. The molecule has 5 aliphatic heterocycles. The third kappa shape index (κ3) is 18.0. The van der Waals surface area contributed by atoms with E-state index in [4.69, 9.17) is 24.9 Å². The van der Waals surface area contributed by atoms with Crippen molar-refractivity contribution in [2.75, 3.05) is 137 Å². The quantitative estimate of drug-likeness (QED) is 0.0380. The summed E-state index contributed by atoms with van der Waals surface area (Å²) in [6.45, 7) is 14.9. The third-order valence-corrected chi connectivity index (χ3v) is 26.7. The van der Waals surface area contributed by atoms with Crippen molar-refractivity contribution < 1.29 is 61.8 Å². The van der Waals surface area contributed by atoms with Crippen LogP contribution in [0.2, 0.25) is 0 Å². The number of fused-ring (bicyclic) bond motifs is 6. The van der Waals surface area contributed by atoms with Gasteiger partial charge in [-0.3, -0.25) is 57.9 Å². The number of carbonyl (C=O) groups excluding carboxylic acids is 9. The summed E-state index contributed by atoms with van der Waals surface area (Å²) >= 11 is 0. The first kappa shape index (κ1) is 93.8. The van der Waals surface area contributed by atoms with Gasteiger partial charge in [0.05, 0.1) is 124 Å². The van der Waals surface area contributed by atoms with Crippen LogP contribution in [-0.2, 0) is 31.1 Å². The second-order valence-electron chi connectivity index (χ2n) is 34.9. The fraction of sp³-hybridized carbons (Fsp3) is 0.286. The van der Waals surface area contributed by atoms with E-state index < -0.39 is 58.5 Å². The summed E-state index contributed by atoms with van der Waals surface area (Å²) in [7, 11) is 4.45. The minimum Gasteiger partial charge on any atom is -0.494 e. The number of amides is 5. The van der Waals surface area contributed by atoms with Crippen molar-refractivity contribution in [3.63, 3.8) is 0 Å². The Labute approximate surface area is 817 Å². The molecule has 6 aliphatic rings. The van der Waals surface area contributed by atoms with Crippen LogP contribution in [0.25, 0.3) is 72.5 Å². The van der Waals surface area contributed by atoms with Crippen LogP contribution in [0.4, 0.5) is 10.3 Å². The number of halogens is 1. The minimum absolute atomic E-state index is 0.0173. The molecule has 0 radical (unpaired) electrons. The summed E-state index contributed by atoms with van der Waals surface area (Å²) < 4.78 is 38.4. The lowest BCUT2D eigenvalue weighted by atomic mass is 10.00. The van der Waals surface area contributed by atoms with E-state index in [2.05, 4.69) is 167 Å². The monoisotopic (exact) mass is 1950 g/mol. The number of carbonyl (C=O) groups is 9. The largest absolute Gasteiger partial charge is 0.494 e. The number of ether oxygens (including phenoxy) is 3. The highest BCUT2D eigenvalue weighted by Crippen LogP contribution is 2.51. The Hall–Kier alpha value is -17.9. The number of aryl methyl sites for hydroxylation is 2. The van der Waals surface area contributed by atoms with Crippen LogP contribution >= 0.6 is 0 Å². The van der Waals surface area contributed by atoms with Gasteiger partial charge in [0.2, 0.25) is 11.8 Å². The number of rotatable bonds is 21. The molecule has 5 fully saturated rings. The van der Waals surface area contributed by atoms with Crippen LogP contribution in [0, 0.1) is 19.7 Å². The Morgan fingerprint density at radius 2 is 0.889 bits per heavy atom. The number of hydrogen-bond donors (Lipinski definition) is 5. The number of ketones is 4. The predicted molar refractivity (Wildman–Crippen MR) is 519 cm³/mol. The van der Waals surface area contributed by atoms with E-state index in [-0.39, 0.29) is 56.4 Å². The van der Waals surface area contributed by atoms with E-state index in [1.54, 1.807) is 53.2 Å². The van der Waals surface area contributed by atoms with Gasteiger partial charge < -0.3 is 69.3 Å². The number of nitrogens with zero attached hydrogens (tertiary/aromatic N) is 28. The number of nitrogens with one attached hydrogen (secondary N) is 4. The van der Waals surface area contributed by atoms with E-state index in [9.17, 15) is 47.5 Å². The van der Waals surface area contributed by atoms with Crippen molar-refractivity contribution in [2.45, 2.75) is 51.6 Å².